The molecule has 0 radical (unpaired) electrons. The minimum atomic E-state index is -0.388. The van der Waals surface area contributed by atoms with Gasteiger partial charge in [0.15, 0.2) is 5.52 Å². The lowest BCUT2D eigenvalue weighted by Gasteiger charge is -2.33. The summed E-state index contributed by atoms with van der Waals surface area (Å²) < 4.78 is 11.4. The molecular formula is C21H24N4O4. The van der Waals surface area contributed by atoms with Crippen LogP contribution in [-0.2, 0) is 4.74 Å². The fraction of sp³-hybridized carbons (Fsp3) is 0.381. The summed E-state index contributed by atoms with van der Waals surface area (Å²) in [7, 11) is 0. The molecule has 29 heavy (non-hydrogen) atoms. The quantitative estimate of drug-likeness (QED) is 0.500. The fourth-order valence-corrected chi connectivity index (χ4v) is 3.79. The summed E-state index contributed by atoms with van der Waals surface area (Å²) in [4.78, 5) is 17.8. The number of nitrogens with one attached hydrogen (secondary N) is 1. The van der Waals surface area contributed by atoms with Crippen LogP contribution in [0.15, 0.2) is 40.8 Å². The molecule has 3 heterocycles. The van der Waals surface area contributed by atoms with Crippen LogP contribution in [0.2, 0.25) is 0 Å². The van der Waals surface area contributed by atoms with Crippen LogP contribution >= 0.6 is 0 Å². The van der Waals surface area contributed by atoms with Gasteiger partial charge in [0, 0.05) is 42.5 Å². The minimum absolute atomic E-state index is 0.0145. The first-order valence-corrected chi connectivity index (χ1v) is 9.69. The van der Waals surface area contributed by atoms with E-state index in [2.05, 4.69) is 15.2 Å². The van der Waals surface area contributed by atoms with E-state index in [0.717, 1.165) is 41.4 Å². The zero-order chi connectivity index (χ0) is 20.4. The first-order valence-electron chi connectivity index (χ1n) is 9.69. The zero-order valence-corrected chi connectivity index (χ0v) is 16.6. The van der Waals surface area contributed by atoms with Gasteiger partial charge in [0.05, 0.1) is 24.2 Å². The summed E-state index contributed by atoms with van der Waals surface area (Å²) in [6.45, 7) is 7.43. The van der Waals surface area contributed by atoms with Crippen molar-refractivity contribution in [3.8, 4) is 0 Å². The monoisotopic (exact) mass is 396 g/mol. The normalized spacial score (nSPS) is 16.1. The molecule has 8 heteroatoms. The molecule has 0 spiro atoms. The molecule has 1 unspecified atom stereocenters. The highest BCUT2D eigenvalue weighted by molar-refractivity contribution is 5.96. The van der Waals surface area contributed by atoms with Gasteiger partial charge >= 0.3 is 0 Å². The molecule has 1 N–H and O–H groups in total. The van der Waals surface area contributed by atoms with Gasteiger partial charge in [-0.25, -0.2) is 4.98 Å². The molecule has 1 atom stereocenters. The van der Waals surface area contributed by atoms with Gasteiger partial charge in [-0.2, -0.15) is 0 Å². The molecule has 1 saturated heterocycles. The molecule has 1 aromatic carbocycles. The predicted octanol–water partition coefficient (Wildman–Crippen LogP) is 3.84. The van der Waals surface area contributed by atoms with Crippen molar-refractivity contribution in [2.75, 3.05) is 38.2 Å². The molecule has 0 saturated carbocycles. The second-order valence-corrected chi connectivity index (χ2v) is 7.24. The predicted molar refractivity (Wildman–Crippen MR) is 110 cm³/mol. The van der Waals surface area contributed by atoms with Gasteiger partial charge in [-0.15, -0.1) is 0 Å². The molecule has 0 bridgehead atoms. The second-order valence-electron chi connectivity index (χ2n) is 7.24. The van der Waals surface area contributed by atoms with E-state index in [1.54, 1.807) is 6.07 Å². The molecular weight excluding hydrogens is 372 g/mol. The van der Waals surface area contributed by atoms with Crippen LogP contribution in [0.25, 0.3) is 10.9 Å². The Morgan fingerprint density at radius 2 is 2.03 bits per heavy atom. The highest BCUT2D eigenvalue weighted by Gasteiger charge is 2.25. The molecule has 1 aliphatic heterocycles. The van der Waals surface area contributed by atoms with Gasteiger partial charge in [0.25, 0.3) is 5.69 Å². The second kappa shape index (κ2) is 8.18. The van der Waals surface area contributed by atoms with Gasteiger partial charge in [-0.05, 0) is 32.0 Å². The topological polar surface area (TPSA) is 93.7 Å². The Morgan fingerprint density at radius 1 is 1.24 bits per heavy atom. The number of non-ortho nitro benzene ring substituents is 1. The number of morpholine rings is 1. The van der Waals surface area contributed by atoms with Crippen molar-refractivity contribution in [2.45, 2.75) is 19.9 Å². The number of pyridine rings is 1. The lowest BCUT2D eigenvalue weighted by atomic mass is 10.1. The fourth-order valence-electron chi connectivity index (χ4n) is 3.79. The maximum absolute atomic E-state index is 11.4. The average molecular weight is 396 g/mol. The summed E-state index contributed by atoms with van der Waals surface area (Å²) in [5.74, 6) is 1.78. The van der Waals surface area contributed by atoms with Crippen LogP contribution in [-0.4, -0.2) is 47.7 Å². The standard InChI is InChI=1S/C21H24N4O4/c1-14-12-17(16-4-3-5-18(25(26)27)21(16)23-14)22-13-19(20-7-6-15(2)29-20)24-8-10-28-11-9-24/h3-7,12,19H,8-11,13H2,1-2H3,(H,22,23). The Morgan fingerprint density at radius 3 is 2.72 bits per heavy atom. The smallest absolute Gasteiger partial charge is 0.295 e. The number of anilines is 1. The number of furan rings is 1. The third-order valence-corrected chi connectivity index (χ3v) is 5.20. The van der Waals surface area contributed by atoms with Crippen LogP contribution < -0.4 is 5.32 Å². The SMILES string of the molecule is Cc1cc(NCC(c2ccc(C)o2)N2CCOCC2)c2cccc([N+](=O)[O-])c2n1. The van der Waals surface area contributed by atoms with Gasteiger partial charge in [-0.1, -0.05) is 12.1 Å². The molecule has 4 rings (SSSR count). The number of aryl methyl sites for hydroxylation is 2. The molecule has 152 valence electrons. The van der Waals surface area contributed by atoms with Crippen molar-refractivity contribution in [3.05, 3.63) is 63.7 Å². The van der Waals surface area contributed by atoms with E-state index in [9.17, 15) is 10.1 Å². The van der Waals surface area contributed by atoms with Crippen LogP contribution in [0.5, 0.6) is 0 Å². The van der Waals surface area contributed by atoms with Crippen LogP contribution in [0, 0.1) is 24.0 Å². The first-order chi connectivity index (χ1) is 14.0. The van der Waals surface area contributed by atoms with Gasteiger partial charge in [0.2, 0.25) is 0 Å². The Kier molecular flexibility index (Phi) is 5.46. The van der Waals surface area contributed by atoms with Crippen molar-refractivity contribution < 1.29 is 14.1 Å². The van der Waals surface area contributed by atoms with Gasteiger partial charge < -0.3 is 14.5 Å². The summed E-state index contributed by atoms with van der Waals surface area (Å²) in [5, 5.41) is 15.6. The number of benzene rings is 1. The molecule has 0 aliphatic carbocycles. The maximum Gasteiger partial charge on any atom is 0.295 e. The number of hydrogen-bond acceptors (Lipinski definition) is 7. The number of nitro groups is 1. The number of hydrogen-bond donors (Lipinski definition) is 1. The third kappa shape index (κ3) is 4.08. The third-order valence-electron chi connectivity index (χ3n) is 5.20. The van der Waals surface area contributed by atoms with Crippen molar-refractivity contribution in [1.82, 2.24) is 9.88 Å². The van der Waals surface area contributed by atoms with Crippen molar-refractivity contribution >= 4 is 22.3 Å². The van der Waals surface area contributed by atoms with Gasteiger partial charge in [0.1, 0.15) is 11.5 Å². The van der Waals surface area contributed by atoms with E-state index in [1.807, 2.05) is 38.1 Å². The summed E-state index contributed by atoms with van der Waals surface area (Å²) in [5.41, 5.74) is 1.97. The van der Waals surface area contributed by atoms with Crippen LogP contribution in [0.3, 0.4) is 0 Å². The van der Waals surface area contributed by atoms with E-state index in [-0.39, 0.29) is 16.7 Å². The number of fused-ring (bicyclic) bond motifs is 1. The Labute approximate surface area is 168 Å². The van der Waals surface area contributed by atoms with Crippen molar-refractivity contribution in [2.24, 2.45) is 0 Å². The van der Waals surface area contributed by atoms with Crippen LogP contribution in [0.1, 0.15) is 23.3 Å². The lowest BCUT2D eigenvalue weighted by Crippen LogP contribution is -2.41. The number of rotatable bonds is 6. The average Bonchev–Trinajstić information content (AvgIpc) is 3.14. The first kappa shape index (κ1) is 19.4. The summed E-state index contributed by atoms with van der Waals surface area (Å²) >= 11 is 0. The summed E-state index contributed by atoms with van der Waals surface area (Å²) in [6.07, 6.45) is 0. The van der Waals surface area contributed by atoms with E-state index >= 15 is 0 Å². The molecule has 2 aromatic heterocycles. The maximum atomic E-state index is 11.4. The molecule has 8 nitrogen and oxygen atoms in total. The van der Waals surface area contributed by atoms with Gasteiger partial charge in [-0.3, -0.25) is 15.0 Å². The van der Waals surface area contributed by atoms with Crippen LogP contribution in [0.4, 0.5) is 11.4 Å². The van der Waals surface area contributed by atoms with E-state index in [0.29, 0.717) is 25.3 Å². The molecule has 0 amide bonds. The zero-order valence-electron chi connectivity index (χ0n) is 16.6. The Balaban J connectivity index is 1.66. The highest BCUT2D eigenvalue weighted by Crippen LogP contribution is 2.31. The Bertz CT molecular complexity index is 1030. The largest absolute Gasteiger partial charge is 0.465 e. The minimum Gasteiger partial charge on any atom is -0.465 e. The molecule has 1 fully saturated rings. The molecule has 1 aliphatic rings. The Hall–Kier alpha value is -2.97. The van der Waals surface area contributed by atoms with E-state index in [1.165, 1.54) is 6.07 Å². The lowest BCUT2D eigenvalue weighted by molar-refractivity contribution is -0.383. The van der Waals surface area contributed by atoms with Crippen molar-refractivity contribution in [1.29, 1.82) is 0 Å². The van der Waals surface area contributed by atoms with E-state index < -0.39 is 0 Å². The van der Waals surface area contributed by atoms with E-state index in [4.69, 9.17) is 9.15 Å². The number of nitrogens with zero attached hydrogens (tertiary/aromatic N) is 3. The number of para-hydroxylation sites is 1. The number of nitro benzene ring substituents is 1. The van der Waals surface area contributed by atoms with Crippen molar-refractivity contribution in [3.63, 3.8) is 0 Å². The highest BCUT2D eigenvalue weighted by atomic mass is 16.6. The molecule has 3 aromatic rings. The summed E-state index contributed by atoms with van der Waals surface area (Å²) in [6, 6.07) is 11.0. The number of aromatic nitrogens is 1. The number of ether oxygens (including phenoxy) is 1.